The zero-order valence-corrected chi connectivity index (χ0v) is 19.9. The highest BCUT2D eigenvalue weighted by Gasteiger charge is 2.20. The average Bonchev–Trinajstić information content (AvgIpc) is 3.37. The van der Waals surface area contributed by atoms with Gasteiger partial charge in [0, 0.05) is 25.4 Å². The number of nitrogens with one attached hydrogen (secondary N) is 3. The molecule has 0 bridgehead atoms. The Morgan fingerprint density at radius 1 is 1.17 bits per heavy atom. The quantitative estimate of drug-likeness (QED) is 0.272. The number of hydrogen-bond donors (Lipinski definition) is 4. The Kier molecular flexibility index (Phi) is 7.54. The van der Waals surface area contributed by atoms with Gasteiger partial charge in [-0.15, -0.1) is 0 Å². The van der Waals surface area contributed by atoms with E-state index in [1.165, 1.54) is 7.05 Å². The highest BCUT2D eigenvalue weighted by Crippen LogP contribution is 2.30. The third-order valence-electron chi connectivity index (χ3n) is 5.20. The second kappa shape index (κ2) is 10.9. The van der Waals surface area contributed by atoms with Gasteiger partial charge in [-0.1, -0.05) is 54.0 Å². The molecule has 2 aromatic heterocycles. The second-order valence-corrected chi connectivity index (χ2v) is 7.92. The Hall–Kier alpha value is -4.02. The van der Waals surface area contributed by atoms with Gasteiger partial charge < -0.3 is 25.6 Å². The van der Waals surface area contributed by atoms with E-state index < -0.39 is 6.04 Å². The highest BCUT2D eigenvalue weighted by molar-refractivity contribution is 6.34. The van der Waals surface area contributed by atoms with Crippen molar-refractivity contribution >= 4 is 35.0 Å². The van der Waals surface area contributed by atoms with Crippen molar-refractivity contribution in [2.45, 2.75) is 19.4 Å². The van der Waals surface area contributed by atoms with E-state index in [1.54, 1.807) is 24.4 Å². The molecule has 10 nitrogen and oxygen atoms in total. The first kappa shape index (κ1) is 24.1. The van der Waals surface area contributed by atoms with E-state index >= 15 is 0 Å². The molecule has 4 N–H and O–H groups in total. The summed E-state index contributed by atoms with van der Waals surface area (Å²) in [5.74, 6) is 1.19. The minimum Gasteiger partial charge on any atom is -0.394 e. The fraction of sp³-hybridized carbons (Fsp3) is 0.208. The van der Waals surface area contributed by atoms with Crippen LogP contribution in [-0.2, 0) is 6.42 Å². The van der Waals surface area contributed by atoms with Gasteiger partial charge >= 0.3 is 0 Å². The van der Waals surface area contributed by atoms with E-state index in [0.717, 1.165) is 5.56 Å². The summed E-state index contributed by atoms with van der Waals surface area (Å²) < 4.78 is 5.40. The summed E-state index contributed by atoms with van der Waals surface area (Å²) in [5, 5.41) is 23.2. The molecule has 0 aliphatic rings. The van der Waals surface area contributed by atoms with E-state index in [9.17, 15) is 9.90 Å². The standard InChI is InChI=1S/C24H24ClN7O3/c1-3-20-30-23(35-32-20)17-12-27-24(28-15-9-10-16(18(25)11-15)22(34)26-2)31-21(17)29-19(13-33)14-7-5-4-6-8-14/h4-12,19,33H,3,13H2,1-2H3,(H,26,34)(H2,27,28,29,31)/t19-/m1/s1. The number of rotatable bonds is 9. The zero-order valence-electron chi connectivity index (χ0n) is 19.1. The zero-order chi connectivity index (χ0) is 24.8. The summed E-state index contributed by atoms with van der Waals surface area (Å²) in [7, 11) is 1.54. The second-order valence-electron chi connectivity index (χ2n) is 7.51. The molecule has 2 heterocycles. The summed E-state index contributed by atoms with van der Waals surface area (Å²) >= 11 is 6.27. The lowest BCUT2D eigenvalue weighted by molar-refractivity contribution is 0.0963. The number of carbonyl (C=O) groups excluding carboxylic acids is 1. The van der Waals surface area contributed by atoms with Crippen molar-refractivity contribution in [1.29, 1.82) is 0 Å². The van der Waals surface area contributed by atoms with Gasteiger partial charge in [0.15, 0.2) is 5.82 Å². The van der Waals surface area contributed by atoms with Crippen LogP contribution in [0.15, 0.2) is 59.3 Å². The number of hydrogen-bond acceptors (Lipinski definition) is 9. The summed E-state index contributed by atoms with van der Waals surface area (Å²) in [6.45, 7) is 1.76. The van der Waals surface area contributed by atoms with Crippen LogP contribution in [0.5, 0.6) is 0 Å². The molecule has 0 radical (unpaired) electrons. The molecule has 1 atom stereocenters. The van der Waals surface area contributed by atoms with Crippen molar-refractivity contribution in [1.82, 2.24) is 25.4 Å². The lowest BCUT2D eigenvalue weighted by Crippen LogP contribution is -2.18. The highest BCUT2D eigenvalue weighted by atomic mass is 35.5. The first-order valence-corrected chi connectivity index (χ1v) is 11.3. The fourth-order valence-corrected chi connectivity index (χ4v) is 3.61. The number of halogens is 1. The maximum absolute atomic E-state index is 11.9. The van der Waals surface area contributed by atoms with Gasteiger partial charge in [-0.25, -0.2) is 4.98 Å². The minimum atomic E-state index is -0.437. The Bertz CT molecular complexity index is 1310. The summed E-state index contributed by atoms with van der Waals surface area (Å²) in [5.41, 5.74) is 2.32. The number of benzene rings is 2. The van der Waals surface area contributed by atoms with E-state index in [-0.39, 0.29) is 29.4 Å². The molecule has 1 amide bonds. The molecule has 35 heavy (non-hydrogen) atoms. The predicted molar refractivity (Wildman–Crippen MR) is 133 cm³/mol. The minimum absolute atomic E-state index is 0.170. The van der Waals surface area contributed by atoms with Crippen molar-refractivity contribution < 1.29 is 14.4 Å². The van der Waals surface area contributed by atoms with Crippen LogP contribution in [0.2, 0.25) is 5.02 Å². The van der Waals surface area contributed by atoms with Crippen molar-refractivity contribution in [2.24, 2.45) is 0 Å². The van der Waals surface area contributed by atoms with Crippen molar-refractivity contribution in [3.05, 3.63) is 76.7 Å². The Morgan fingerprint density at radius 2 is 1.97 bits per heavy atom. The molecule has 0 unspecified atom stereocenters. The maximum atomic E-state index is 11.9. The van der Waals surface area contributed by atoms with Gasteiger partial charge in [0.1, 0.15) is 11.4 Å². The fourth-order valence-electron chi connectivity index (χ4n) is 3.34. The Balaban J connectivity index is 1.68. The topological polar surface area (TPSA) is 138 Å². The average molecular weight is 494 g/mol. The molecule has 11 heteroatoms. The summed E-state index contributed by atoms with van der Waals surface area (Å²) in [6.07, 6.45) is 2.17. The number of nitrogens with zero attached hydrogens (tertiary/aromatic N) is 4. The maximum Gasteiger partial charge on any atom is 0.263 e. The lowest BCUT2D eigenvalue weighted by atomic mass is 10.1. The monoisotopic (exact) mass is 493 g/mol. The van der Waals surface area contributed by atoms with Gasteiger partial charge in [0.2, 0.25) is 5.95 Å². The van der Waals surface area contributed by atoms with Crippen molar-refractivity contribution in [2.75, 3.05) is 24.3 Å². The van der Waals surface area contributed by atoms with Gasteiger partial charge in [-0.3, -0.25) is 4.79 Å². The van der Waals surface area contributed by atoms with Crippen molar-refractivity contribution in [3.8, 4) is 11.5 Å². The molecule has 0 saturated heterocycles. The van der Waals surface area contributed by atoms with Crippen LogP contribution in [-0.4, -0.2) is 44.8 Å². The third-order valence-corrected chi connectivity index (χ3v) is 5.51. The van der Waals surface area contributed by atoms with E-state index in [4.69, 9.17) is 16.1 Å². The van der Waals surface area contributed by atoms with Gasteiger partial charge in [-0.2, -0.15) is 9.97 Å². The normalized spacial score (nSPS) is 11.7. The predicted octanol–water partition coefficient (Wildman–Crippen LogP) is 3.99. The van der Waals surface area contributed by atoms with E-state index in [1.807, 2.05) is 37.3 Å². The first-order valence-electron chi connectivity index (χ1n) is 10.9. The number of anilines is 3. The van der Waals surface area contributed by atoms with Crippen molar-refractivity contribution in [3.63, 3.8) is 0 Å². The van der Waals surface area contributed by atoms with E-state index in [0.29, 0.717) is 34.9 Å². The van der Waals surface area contributed by atoms with Gasteiger partial charge in [0.25, 0.3) is 11.8 Å². The van der Waals surface area contributed by atoms with Crippen LogP contribution >= 0.6 is 11.6 Å². The van der Waals surface area contributed by atoms with Crippen LogP contribution in [0.1, 0.15) is 34.7 Å². The van der Waals surface area contributed by atoms with Gasteiger partial charge in [0.05, 0.1) is 23.2 Å². The molecule has 2 aromatic carbocycles. The smallest absolute Gasteiger partial charge is 0.263 e. The lowest BCUT2D eigenvalue weighted by Gasteiger charge is -2.19. The van der Waals surface area contributed by atoms with Crippen LogP contribution in [0.4, 0.5) is 17.5 Å². The number of aromatic nitrogens is 4. The molecule has 180 valence electrons. The van der Waals surface area contributed by atoms with Crippen LogP contribution < -0.4 is 16.0 Å². The van der Waals surface area contributed by atoms with Crippen LogP contribution in [0.25, 0.3) is 11.5 Å². The molecule has 4 aromatic rings. The van der Waals surface area contributed by atoms with Crippen LogP contribution in [0, 0.1) is 0 Å². The number of aliphatic hydroxyl groups is 1. The summed E-state index contributed by atoms with van der Waals surface area (Å²) in [6, 6.07) is 14.0. The first-order chi connectivity index (χ1) is 17.0. The largest absolute Gasteiger partial charge is 0.394 e. The number of aliphatic hydroxyl groups excluding tert-OH is 1. The summed E-state index contributed by atoms with van der Waals surface area (Å²) in [4.78, 5) is 25.3. The number of carbonyl (C=O) groups is 1. The molecule has 0 spiro atoms. The Morgan fingerprint density at radius 3 is 2.63 bits per heavy atom. The SMILES string of the molecule is CCc1noc(-c2cnc(Nc3ccc(C(=O)NC)c(Cl)c3)nc2N[C@H](CO)c2ccccc2)n1. The molecule has 0 aliphatic carbocycles. The molecule has 0 saturated carbocycles. The molecular formula is C24H24ClN7O3. The number of amides is 1. The molecule has 0 aliphatic heterocycles. The van der Waals surface area contributed by atoms with Crippen LogP contribution in [0.3, 0.4) is 0 Å². The molecule has 0 fully saturated rings. The Labute approximate surface area is 206 Å². The molecular weight excluding hydrogens is 470 g/mol. The third kappa shape index (κ3) is 5.56. The number of aryl methyl sites for hydroxylation is 1. The van der Waals surface area contributed by atoms with Gasteiger partial charge in [-0.05, 0) is 23.8 Å². The van der Waals surface area contributed by atoms with E-state index in [2.05, 4.69) is 36.1 Å². The molecule has 4 rings (SSSR count).